The van der Waals surface area contributed by atoms with Crippen molar-refractivity contribution in [2.45, 2.75) is 13.5 Å². The molecule has 0 bridgehead atoms. The summed E-state index contributed by atoms with van der Waals surface area (Å²) in [7, 11) is 0. The fraction of sp³-hybridized carbons (Fsp3) is 0.133. The van der Waals surface area contributed by atoms with Crippen LogP contribution in [0.15, 0.2) is 41.3 Å². The molecular weight excluding hydrogens is 256 g/mol. The summed E-state index contributed by atoms with van der Waals surface area (Å²) in [4.78, 5) is 28.0. The van der Waals surface area contributed by atoms with E-state index in [1.54, 1.807) is 19.1 Å². The Bertz CT molecular complexity index is 897. The van der Waals surface area contributed by atoms with Gasteiger partial charge in [-0.25, -0.2) is 9.78 Å². The molecule has 0 atom stereocenters. The molecule has 0 amide bonds. The normalized spacial score (nSPS) is 11.1. The molecule has 1 N–H and O–H groups in total. The van der Waals surface area contributed by atoms with Crippen LogP contribution < -0.4 is 5.56 Å². The zero-order valence-electron chi connectivity index (χ0n) is 10.8. The summed E-state index contributed by atoms with van der Waals surface area (Å²) < 4.78 is 1.39. The summed E-state index contributed by atoms with van der Waals surface area (Å²) in [5.41, 5.74) is 0.750. The van der Waals surface area contributed by atoms with E-state index < -0.39 is 5.97 Å². The number of pyridine rings is 2. The SMILES string of the molecule is CCn1cc(C(=O)O)c2nc3ccccc3cc2c1=O. The third kappa shape index (κ3) is 1.75. The van der Waals surface area contributed by atoms with Crippen molar-refractivity contribution in [3.63, 3.8) is 0 Å². The van der Waals surface area contributed by atoms with Crippen LogP contribution in [0.5, 0.6) is 0 Å². The summed E-state index contributed by atoms with van der Waals surface area (Å²) in [5.74, 6) is -1.08. The summed E-state index contributed by atoms with van der Waals surface area (Å²) in [5, 5.41) is 10.5. The molecule has 0 aliphatic carbocycles. The lowest BCUT2D eigenvalue weighted by atomic mass is 10.1. The smallest absolute Gasteiger partial charge is 0.339 e. The van der Waals surface area contributed by atoms with Crippen molar-refractivity contribution in [1.82, 2.24) is 9.55 Å². The highest BCUT2D eigenvalue weighted by atomic mass is 16.4. The number of carboxylic acid groups (broad SMARTS) is 1. The number of fused-ring (bicyclic) bond motifs is 2. The molecule has 5 nitrogen and oxygen atoms in total. The van der Waals surface area contributed by atoms with Crippen LogP contribution in [0, 0.1) is 0 Å². The van der Waals surface area contributed by atoms with Crippen LogP contribution in [0.1, 0.15) is 17.3 Å². The van der Waals surface area contributed by atoms with Crippen LogP contribution in [0.4, 0.5) is 0 Å². The molecule has 0 saturated carbocycles. The molecule has 0 fully saturated rings. The average molecular weight is 268 g/mol. The molecule has 3 rings (SSSR count). The molecule has 2 aromatic heterocycles. The Kier molecular flexibility index (Phi) is 2.75. The third-order valence-corrected chi connectivity index (χ3v) is 3.33. The number of hydrogen-bond acceptors (Lipinski definition) is 3. The Morgan fingerprint density at radius 3 is 2.80 bits per heavy atom. The molecule has 2 heterocycles. The first kappa shape index (κ1) is 12.3. The average Bonchev–Trinajstić information content (AvgIpc) is 2.46. The van der Waals surface area contributed by atoms with Gasteiger partial charge in [0.1, 0.15) is 5.56 Å². The van der Waals surface area contributed by atoms with Gasteiger partial charge in [-0.05, 0) is 19.1 Å². The van der Waals surface area contributed by atoms with Gasteiger partial charge >= 0.3 is 5.97 Å². The highest BCUT2D eigenvalue weighted by molar-refractivity contribution is 6.04. The zero-order chi connectivity index (χ0) is 14.3. The van der Waals surface area contributed by atoms with Crippen molar-refractivity contribution in [2.24, 2.45) is 0 Å². The minimum Gasteiger partial charge on any atom is -0.478 e. The fourth-order valence-electron chi connectivity index (χ4n) is 2.31. The van der Waals surface area contributed by atoms with Gasteiger partial charge in [0, 0.05) is 18.1 Å². The van der Waals surface area contributed by atoms with E-state index in [1.165, 1.54) is 10.8 Å². The van der Waals surface area contributed by atoms with Gasteiger partial charge < -0.3 is 9.67 Å². The standard InChI is InChI=1S/C15H12N2O3/c1-2-17-8-11(15(19)20)13-10(14(17)18)7-9-5-3-4-6-12(9)16-13/h3-8H,2H2,1H3,(H,19,20). The van der Waals surface area contributed by atoms with Crippen molar-refractivity contribution < 1.29 is 9.90 Å². The van der Waals surface area contributed by atoms with Gasteiger partial charge in [0.2, 0.25) is 0 Å². The van der Waals surface area contributed by atoms with Crippen molar-refractivity contribution in [3.8, 4) is 0 Å². The second-order valence-corrected chi connectivity index (χ2v) is 4.52. The van der Waals surface area contributed by atoms with Crippen LogP contribution in [0.3, 0.4) is 0 Å². The lowest BCUT2D eigenvalue weighted by molar-refractivity contribution is 0.0698. The predicted octanol–water partition coefficient (Wildman–Crippen LogP) is 2.27. The quantitative estimate of drug-likeness (QED) is 0.724. The molecule has 0 saturated heterocycles. The maximum absolute atomic E-state index is 12.3. The van der Waals surface area contributed by atoms with E-state index in [4.69, 9.17) is 0 Å². The minimum absolute atomic E-state index is 0.0483. The number of benzene rings is 1. The molecule has 20 heavy (non-hydrogen) atoms. The Morgan fingerprint density at radius 1 is 1.35 bits per heavy atom. The van der Waals surface area contributed by atoms with Gasteiger partial charge in [-0.2, -0.15) is 0 Å². The Labute approximate surface area is 114 Å². The van der Waals surface area contributed by atoms with E-state index in [9.17, 15) is 14.7 Å². The van der Waals surface area contributed by atoms with E-state index in [0.29, 0.717) is 17.4 Å². The van der Waals surface area contributed by atoms with Crippen LogP contribution in [0.25, 0.3) is 21.8 Å². The monoisotopic (exact) mass is 268 g/mol. The number of rotatable bonds is 2. The maximum Gasteiger partial charge on any atom is 0.339 e. The Balaban J connectivity index is 2.55. The molecule has 0 aliphatic heterocycles. The summed E-state index contributed by atoms with van der Waals surface area (Å²) in [6.45, 7) is 2.22. The maximum atomic E-state index is 12.3. The van der Waals surface area contributed by atoms with E-state index in [-0.39, 0.29) is 16.6 Å². The van der Waals surface area contributed by atoms with Crippen LogP contribution >= 0.6 is 0 Å². The number of carboxylic acids is 1. The number of nitrogens with zero attached hydrogens (tertiary/aromatic N) is 2. The van der Waals surface area contributed by atoms with Crippen molar-refractivity contribution >= 4 is 27.8 Å². The van der Waals surface area contributed by atoms with Gasteiger partial charge in [0.25, 0.3) is 5.56 Å². The molecule has 100 valence electrons. The second kappa shape index (κ2) is 4.45. The van der Waals surface area contributed by atoms with Crippen LogP contribution in [0.2, 0.25) is 0 Å². The third-order valence-electron chi connectivity index (χ3n) is 3.33. The van der Waals surface area contributed by atoms with Gasteiger partial charge in [-0.15, -0.1) is 0 Å². The van der Waals surface area contributed by atoms with Gasteiger partial charge in [-0.3, -0.25) is 4.79 Å². The highest BCUT2D eigenvalue weighted by Crippen LogP contribution is 2.20. The summed E-state index contributed by atoms with van der Waals surface area (Å²) in [6.07, 6.45) is 1.36. The molecule has 0 spiro atoms. The molecular formula is C15H12N2O3. The second-order valence-electron chi connectivity index (χ2n) is 4.52. The van der Waals surface area contributed by atoms with Gasteiger partial charge in [-0.1, -0.05) is 18.2 Å². The van der Waals surface area contributed by atoms with Gasteiger partial charge in [0.05, 0.1) is 16.4 Å². The molecule has 0 unspecified atom stereocenters. The molecule has 3 aromatic rings. The Morgan fingerprint density at radius 2 is 2.10 bits per heavy atom. The van der Waals surface area contributed by atoms with E-state index in [1.807, 2.05) is 18.2 Å². The first-order valence-electron chi connectivity index (χ1n) is 6.28. The topological polar surface area (TPSA) is 72.2 Å². The van der Waals surface area contributed by atoms with Crippen molar-refractivity contribution in [2.75, 3.05) is 0 Å². The predicted molar refractivity (Wildman–Crippen MR) is 76.1 cm³/mol. The Hall–Kier alpha value is -2.69. The summed E-state index contributed by atoms with van der Waals surface area (Å²) >= 11 is 0. The van der Waals surface area contributed by atoms with Crippen LogP contribution in [-0.2, 0) is 6.54 Å². The lowest BCUT2D eigenvalue weighted by Crippen LogP contribution is -2.21. The van der Waals surface area contributed by atoms with E-state index >= 15 is 0 Å². The largest absolute Gasteiger partial charge is 0.478 e. The highest BCUT2D eigenvalue weighted by Gasteiger charge is 2.15. The lowest BCUT2D eigenvalue weighted by Gasteiger charge is -2.08. The molecule has 5 heteroatoms. The number of aromatic nitrogens is 2. The fourth-order valence-corrected chi connectivity index (χ4v) is 2.31. The van der Waals surface area contributed by atoms with E-state index in [2.05, 4.69) is 4.98 Å². The number of hydrogen-bond donors (Lipinski definition) is 1. The number of aryl methyl sites for hydroxylation is 1. The van der Waals surface area contributed by atoms with Crippen molar-refractivity contribution in [1.29, 1.82) is 0 Å². The minimum atomic E-state index is -1.08. The van der Waals surface area contributed by atoms with Gasteiger partial charge in [0.15, 0.2) is 0 Å². The van der Waals surface area contributed by atoms with E-state index in [0.717, 1.165) is 5.39 Å². The first-order chi connectivity index (χ1) is 9.61. The molecule has 0 aliphatic rings. The number of aromatic carboxylic acids is 1. The summed E-state index contributed by atoms with van der Waals surface area (Å²) in [6, 6.07) is 9.04. The van der Waals surface area contributed by atoms with Crippen LogP contribution in [-0.4, -0.2) is 20.6 Å². The molecule has 1 aromatic carbocycles. The first-order valence-corrected chi connectivity index (χ1v) is 6.28. The number of carbonyl (C=O) groups is 1. The number of para-hydroxylation sites is 1. The van der Waals surface area contributed by atoms with Crippen molar-refractivity contribution in [3.05, 3.63) is 52.4 Å². The molecule has 0 radical (unpaired) electrons. The zero-order valence-corrected chi connectivity index (χ0v) is 10.8.